The molecule has 0 saturated carbocycles. The van der Waals surface area contributed by atoms with Gasteiger partial charge in [0.15, 0.2) is 0 Å². The van der Waals surface area contributed by atoms with Crippen LogP contribution in [-0.4, -0.2) is 18.8 Å². The number of halogens is 2. The molecule has 1 heterocycles. The Morgan fingerprint density at radius 3 is 2.90 bits per heavy atom. The minimum absolute atomic E-state index is 0.124. The van der Waals surface area contributed by atoms with E-state index in [1.54, 1.807) is 0 Å². The molecule has 1 aromatic carbocycles. The lowest BCUT2D eigenvalue weighted by Crippen LogP contribution is -2.40. The predicted octanol–water partition coefficient (Wildman–Crippen LogP) is 3.96. The molecule has 4 heteroatoms. The normalized spacial score (nSPS) is 24.6. The third-order valence-corrected chi connectivity index (χ3v) is 3.89. The van der Waals surface area contributed by atoms with Crippen LogP contribution in [-0.2, 0) is 4.74 Å². The van der Waals surface area contributed by atoms with Crippen LogP contribution in [0.3, 0.4) is 0 Å². The Morgan fingerprint density at radius 2 is 2.20 bits per heavy atom. The van der Waals surface area contributed by atoms with E-state index in [-0.39, 0.29) is 6.04 Å². The molecule has 0 amide bonds. The molecular formula is C16H23F2NO. The van der Waals surface area contributed by atoms with E-state index >= 15 is 0 Å². The fraction of sp³-hybridized carbons (Fsp3) is 0.625. The second-order valence-corrected chi connectivity index (χ2v) is 5.56. The van der Waals surface area contributed by atoms with Gasteiger partial charge in [-0.25, -0.2) is 8.78 Å². The predicted molar refractivity (Wildman–Crippen MR) is 75.6 cm³/mol. The molecular weight excluding hydrogens is 260 g/mol. The molecule has 0 aromatic heterocycles. The van der Waals surface area contributed by atoms with Gasteiger partial charge in [0.05, 0.1) is 6.10 Å². The number of hydrogen-bond donors (Lipinski definition) is 1. The van der Waals surface area contributed by atoms with Gasteiger partial charge < -0.3 is 10.1 Å². The maximum absolute atomic E-state index is 13.7. The van der Waals surface area contributed by atoms with Crippen LogP contribution in [0.15, 0.2) is 18.2 Å². The molecule has 0 spiro atoms. The highest BCUT2D eigenvalue weighted by molar-refractivity contribution is 5.21. The number of nitrogens with one attached hydrogen (secondary N) is 1. The Balaban J connectivity index is 1.95. The van der Waals surface area contributed by atoms with Crippen LogP contribution in [0.2, 0.25) is 0 Å². The van der Waals surface area contributed by atoms with Crippen LogP contribution < -0.4 is 5.32 Å². The highest BCUT2D eigenvalue weighted by atomic mass is 19.1. The minimum atomic E-state index is -0.535. The summed E-state index contributed by atoms with van der Waals surface area (Å²) < 4.78 is 32.4. The van der Waals surface area contributed by atoms with Crippen molar-refractivity contribution in [2.24, 2.45) is 0 Å². The lowest BCUT2D eigenvalue weighted by Gasteiger charge is -2.32. The van der Waals surface area contributed by atoms with E-state index in [4.69, 9.17) is 4.74 Å². The first-order valence-corrected chi connectivity index (χ1v) is 7.42. The minimum Gasteiger partial charge on any atom is -0.378 e. The number of ether oxygens (including phenoxy) is 1. The van der Waals surface area contributed by atoms with Crippen LogP contribution in [0.4, 0.5) is 8.78 Å². The van der Waals surface area contributed by atoms with Crippen molar-refractivity contribution in [3.05, 3.63) is 35.4 Å². The lowest BCUT2D eigenvalue weighted by molar-refractivity contribution is -0.00477. The summed E-state index contributed by atoms with van der Waals surface area (Å²) in [7, 11) is 0. The van der Waals surface area contributed by atoms with Gasteiger partial charge in [-0.1, -0.05) is 19.4 Å². The number of hydrogen-bond acceptors (Lipinski definition) is 2. The molecule has 0 radical (unpaired) electrons. The van der Waals surface area contributed by atoms with Crippen LogP contribution in [0.5, 0.6) is 0 Å². The standard InChI is InChI=1S/C16H23F2NO/c1-3-4-14-10-13(7-8-20-14)19-11(2)15-6-5-12(17)9-16(15)18/h5-6,9,11,13-14,19H,3-4,7-8,10H2,1-2H3. The average molecular weight is 283 g/mol. The van der Waals surface area contributed by atoms with E-state index in [1.807, 2.05) is 6.92 Å². The van der Waals surface area contributed by atoms with E-state index in [9.17, 15) is 8.78 Å². The fourth-order valence-corrected chi connectivity index (χ4v) is 2.85. The Labute approximate surface area is 119 Å². The smallest absolute Gasteiger partial charge is 0.130 e. The molecule has 1 aromatic rings. The first-order valence-electron chi connectivity index (χ1n) is 7.42. The Hall–Kier alpha value is -1.00. The molecule has 2 rings (SSSR count). The second-order valence-electron chi connectivity index (χ2n) is 5.56. The summed E-state index contributed by atoms with van der Waals surface area (Å²) in [5.74, 6) is -1.02. The van der Waals surface area contributed by atoms with E-state index in [2.05, 4.69) is 12.2 Å². The van der Waals surface area contributed by atoms with Crippen LogP contribution in [0.25, 0.3) is 0 Å². The Bertz CT molecular complexity index is 436. The van der Waals surface area contributed by atoms with Crippen molar-refractivity contribution < 1.29 is 13.5 Å². The molecule has 1 fully saturated rings. The Morgan fingerprint density at radius 1 is 1.40 bits per heavy atom. The van der Waals surface area contributed by atoms with E-state index in [0.29, 0.717) is 17.7 Å². The van der Waals surface area contributed by atoms with Crippen molar-refractivity contribution in [2.75, 3.05) is 6.61 Å². The van der Waals surface area contributed by atoms with Crippen LogP contribution in [0, 0.1) is 11.6 Å². The summed E-state index contributed by atoms with van der Waals surface area (Å²) in [5.41, 5.74) is 0.518. The molecule has 3 atom stereocenters. The molecule has 0 bridgehead atoms. The molecule has 1 aliphatic heterocycles. The fourth-order valence-electron chi connectivity index (χ4n) is 2.85. The molecule has 1 N–H and O–H groups in total. The first kappa shape index (κ1) is 15.4. The second kappa shape index (κ2) is 7.14. The van der Waals surface area contributed by atoms with Gasteiger partial charge in [0.25, 0.3) is 0 Å². The summed E-state index contributed by atoms with van der Waals surface area (Å²) >= 11 is 0. The SMILES string of the molecule is CCCC1CC(NC(C)c2ccc(F)cc2F)CCO1. The zero-order valence-electron chi connectivity index (χ0n) is 12.2. The third-order valence-electron chi connectivity index (χ3n) is 3.89. The molecule has 20 heavy (non-hydrogen) atoms. The molecule has 2 nitrogen and oxygen atoms in total. The maximum Gasteiger partial charge on any atom is 0.130 e. The maximum atomic E-state index is 13.7. The van der Waals surface area contributed by atoms with Gasteiger partial charge in [-0.3, -0.25) is 0 Å². The molecule has 1 saturated heterocycles. The summed E-state index contributed by atoms with van der Waals surface area (Å²) in [4.78, 5) is 0. The van der Waals surface area contributed by atoms with E-state index in [1.165, 1.54) is 12.1 Å². The van der Waals surface area contributed by atoms with Gasteiger partial charge in [-0.05, 0) is 32.3 Å². The van der Waals surface area contributed by atoms with Crippen LogP contribution >= 0.6 is 0 Å². The summed E-state index contributed by atoms with van der Waals surface area (Å²) in [6, 6.07) is 3.98. The molecule has 1 aliphatic rings. The van der Waals surface area contributed by atoms with Gasteiger partial charge in [0.2, 0.25) is 0 Å². The van der Waals surface area contributed by atoms with Crippen molar-refractivity contribution in [3.8, 4) is 0 Å². The van der Waals surface area contributed by atoms with Gasteiger partial charge >= 0.3 is 0 Å². The third kappa shape index (κ3) is 4.00. The average Bonchev–Trinajstić information content (AvgIpc) is 2.39. The highest BCUT2D eigenvalue weighted by Crippen LogP contribution is 2.23. The molecule has 3 unspecified atom stereocenters. The monoisotopic (exact) mass is 283 g/mol. The van der Waals surface area contributed by atoms with E-state index in [0.717, 1.165) is 38.4 Å². The quantitative estimate of drug-likeness (QED) is 0.883. The number of rotatable bonds is 5. The molecule has 0 aliphatic carbocycles. The molecule has 112 valence electrons. The zero-order chi connectivity index (χ0) is 14.5. The van der Waals surface area contributed by atoms with Gasteiger partial charge in [-0.15, -0.1) is 0 Å². The Kier molecular flexibility index (Phi) is 5.49. The number of benzene rings is 1. The summed E-state index contributed by atoms with van der Waals surface area (Å²) in [5, 5.41) is 3.44. The largest absolute Gasteiger partial charge is 0.378 e. The van der Waals surface area contributed by atoms with Gasteiger partial charge in [0.1, 0.15) is 11.6 Å². The van der Waals surface area contributed by atoms with Gasteiger partial charge in [-0.2, -0.15) is 0 Å². The van der Waals surface area contributed by atoms with E-state index < -0.39 is 11.6 Å². The van der Waals surface area contributed by atoms with Crippen molar-refractivity contribution >= 4 is 0 Å². The van der Waals surface area contributed by atoms with Crippen molar-refractivity contribution in [2.45, 2.75) is 57.7 Å². The summed E-state index contributed by atoms with van der Waals surface area (Å²) in [6.07, 6.45) is 4.38. The topological polar surface area (TPSA) is 21.3 Å². The van der Waals surface area contributed by atoms with Crippen molar-refractivity contribution in [1.82, 2.24) is 5.32 Å². The zero-order valence-corrected chi connectivity index (χ0v) is 12.2. The lowest BCUT2D eigenvalue weighted by atomic mass is 9.98. The van der Waals surface area contributed by atoms with Crippen molar-refractivity contribution in [3.63, 3.8) is 0 Å². The summed E-state index contributed by atoms with van der Waals surface area (Å²) in [6.45, 7) is 4.82. The van der Waals surface area contributed by atoms with Gasteiger partial charge in [0, 0.05) is 30.3 Å². The highest BCUT2D eigenvalue weighted by Gasteiger charge is 2.24. The van der Waals surface area contributed by atoms with Crippen LogP contribution in [0.1, 0.15) is 51.1 Å². The van der Waals surface area contributed by atoms with Crippen molar-refractivity contribution in [1.29, 1.82) is 0 Å². The first-order chi connectivity index (χ1) is 9.60.